The fourth-order valence-electron chi connectivity index (χ4n) is 4.16. The van der Waals surface area contributed by atoms with Crippen molar-refractivity contribution in [2.45, 2.75) is 32.2 Å². The van der Waals surface area contributed by atoms with Gasteiger partial charge in [-0.15, -0.1) is 5.10 Å². The van der Waals surface area contributed by atoms with Gasteiger partial charge >= 0.3 is 0 Å². The number of hydrogen-bond donors (Lipinski definition) is 0. The van der Waals surface area contributed by atoms with E-state index in [0.29, 0.717) is 12.0 Å². The van der Waals surface area contributed by atoms with Crippen molar-refractivity contribution in [3.05, 3.63) is 65.9 Å². The number of fused-ring (bicyclic) bond motifs is 2. The number of benzene rings is 2. The first-order valence-corrected chi connectivity index (χ1v) is 9.23. The molecule has 0 spiro atoms. The van der Waals surface area contributed by atoms with Gasteiger partial charge in [0.2, 0.25) is 0 Å². The topological polar surface area (TPSA) is 45.2 Å². The monoisotopic (exact) mass is 343 g/mol. The number of rotatable bonds is 2. The van der Waals surface area contributed by atoms with Crippen molar-refractivity contribution in [2.75, 3.05) is 16.3 Å². The van der Waals surface area contributed by atoms with E-state index >= 15 is 0 Å². The second kappa shape index (κ2) is 6.09. The van der Waals surface area contributed by atoms with Gasteiger partial charge in [-0.05, 0) is 49.4 Å². The minimum absolute atomic E-state index is 0.332. The normalized spacial score (nSPS) is 18.6. The molecule has 0 bridgehead atoms. The molecule has 0 N–H and O–H groups in total. The molecule has 3 aromatic rings. The zero-order valence-corrected chi connectivity index (χ0v) is 14.8. The molecule has 3 heterocycles. The van der Waals surface area contributed by atoms with E-state index in [2.05, 4.69) is 75.5 Å². The standard InChI is InChI=1S/C21H21N5/c1-15-13-17-8-3-5-11-19(17)26(15)21-23-20(14-22-24-21)25-12-6-9-16-7-2-4-10-18(16)25/h2-5,7-8,10-11,14-15H,6,9,12-13H2,1H3. The molecule has 1 atom stereocenters. The molecule has 5 nitrogen and oxygen atoms in total. The molecule has 2 aromatic carbocycles. The third-order valence-corrected chi connectivity index (χ3v) is 5.34. The molecule has 5 heteroatoms. The third-order valence-electron chi connectivity index (χ3n) is 5.34. The quantitative estimate of drug-likeness (QED) is 0.703. The Bertz CT molecular complexity index is 954. The number of aromatic nitrogens is 3. The van der Waals surface area contributed by atoms with Crippen LogP contribution in [0, 0.1) is 0 Å². The maximum Gasteiger partial charge on any atom is 0.252 e. The molecule has 0 amide bonds. The van der Waals surface area contributed by atoms with Gasteiger partial charge in [0.05, 0.1) is 6.20 Å². The van der Waals surface area contributed by atoms with E-state index in [1.165, 1.54) is 22.5 Å². The molecule has 0 radical (unpaired) electrons. The number of para-hydroxylation sites is 2. The first-order chi connectivity index (χ1) is 12.8. The number of aryl methyl sites for hydroxylation is 1. The molecule has 1 unspecified atom stereocenters. The smallest absolute Gasteiger partial charge is 0.252 e. The van der Waals surface area contributed by atoms with Crippen LogP contribution in [0.15, 0.2) is 54.7 Å². The fraction of sp³-hybridized carbons (Fsp3) is 0.286. The van der Waals surface area contributed by atoms with Crippen LogP contribution >= 0.6 is 0 Å². The lowest BCUT2D eigenvalue weighted by Crippen LogP contribution is -2.29. The van der Waals surface area contributed by atoms with E-state index in [-0.39, 0.29) is 0 Å². The minimum atomic E-state index is 0.332. The Hall–Kier alpha value is -2.95. The Morgan fingerprint density at radius 3 is 2.62 bits per heavy atom. The van der Waals surface area contributed by atoms with Gasteiger partial charge in [0.25, 0.3) is 5.95 Å². The summed E-state index contributed by atoms with van der Waals surface area (Å²) in [7, 11) is 0. The molecule has 0 aliphatic carbocycles. The van der Waals surface area contributed by atoms with Crippen molar-refractivity contribution in [2.24, 2.45) is 0 Å². The van der Waals surface area contributed by atoms with Crippen molar-refractivity contribution in [1.82, 2.24) is 15.2 Å². The van der Waals surface area contributed by atoms with Gasteiger partial charge in [0, 0.05) is 24.0 Å². The van der Waals surface area contributed by atoms with Gasteiger partial charge < -0.3 is 9.80 Å². The van der Waals surface area contributed by atoms with Crippen molar-refractivity contribution in [3.8, 4) is 0 Å². The van der Waals surface area contributed by atoms with Crippen LogP contribution in [0.4, 0.5) is 23.1 Å². The Labute approximate surface area is 153 Å². The highest BCUT2D eigenvalue weighted by Crippen LogP contribution is 2.37. The van der Waals surface area contributed by atoms with E-state index in [9.17, 15) is 0 Å². The van der Waals surface area contributed by atoms with Crippen LogP contribution < -0.4 is 9.80 Å². The molecule has 0 fully saturated rings. The maximum atomic E-state index is 4.90. The molecule has 0 saturated carbocycles. The Kier molecular flexibility index (Phi) is 3.59. The minimum Gasteiger partial charge on any atom is -0.325 e. The SMILES string of the molecule is CC1Cc2ccccc2N1c1nncc(N2CCCc3ccccc32)n1. The molecule has 2 aliphatic heterocycles. The summed E-state index contributed by atoms with van der Waals surface area (Å²) in [4.78, 5) is 9.38. The van der Waals surface area contributed by atoms with E-state index < -0.39 is 0 Å². The summed E-state index contributed by atoms with van der Waals surface area (Å²) in [5.41, 5.74) is 5.15. The van der Waals surface area contributed by atoms with Crippen molar-refractivity contribution in [1.29, 1.82) is 0 Å². The lowest BCUT2D eigenvalue weighted by molar-refractivity contribution is 0.719. The van der Waals surface area contributed by atoms with Crippen LogP contribution in [0.5, 0.6) is 0 Å². The van der Waals surface area contributed by atoms with Gasteiger partial charge in [0.15, 0.2) is 5.82 Å². The summed E-state index contributed by atoms with van der Waals surface area (Å²) >= 11 is 0. The van der Waals surface area contributed by atoms with Gasteiger partial charge in [-0.3, -0.25) is 0 Å². The molecule has 1 aromatic heterocycles. The maximum absolute atomic E-state index is 4.90. The van der Waals surface area contributed by atoms with Crippen LogP contribution in [0.25, 0.3) is 0 Å². The van der Waals surface area contributed by atoms with Crippen LogP contribution in [-0.2, 0) is 12.8 Å². The molecular formula is C21H21N5. The Morgan fingerprint density at radius 2 is 1.73 bits per heavy atom. The van der Waals surface area contributed by atoms with Gasteiger partial charge in [-0.25, -0.2) is 0 Å². The van der Waals surface area contributed by atoms with E-state index in [1.54, 1.807) is 6.20 Å². The number of nitrogens with zero attached hydrogens (tertiary/aromatic N) is 5. The zero-order chi connectivity index (χ0) is 17.5. The highest BCUT2D eigenvalue weighted by atomic mass is 15.4. The Balaban J connectivity index is 1.55. The van der Waals surface area contributed by atoms with Crippen LogP contribution in [0.1, 0.15) is 24.5 Å². The second-order valence-corrected chi connectivity index (χ2v) is 7.05. The predicted octanol–water partition coefficient (Wildman–Crippen LogP) is 4.04. The summed E-state index contributed by atoms with van der Waals surface area (Å²) in [5.74, 6) is 1.56. The fourth-order valence-corrected chi connectivity index (χ4v) is 4.16. The van der Waals surface area contributed by atoms with Crippen LogP contribution in [0.2, 0.25) is 0 Å². The van der Waals surface area contributed by atoms with E-state index in [4.69, 9.17) is 4.98 Å². The average Bonchev–Trinajstić information content (AvgIpc) is 3.03. The molecular weight excluding hydrogens is 322 g/mol. The number of hydrogen-bond acceptors (Lipinski definition) is 5. The van der Waals surface area contributed by atoms with E-state index in [0.717, 1.165) is 31.6 Å². The summed E-state index contributed by atoms with van der Waals surface area (Å²) in [6.45, 7) is 3.17. The van der Waals surface area contributed by atoms with Crippen molar-refractivity contribution in [3.63, 3.8) is 0 Å². The molecule has 0 saturated heterocycles. The molecule has 130 valence electrons. The second-order valence-electron chi connectivity index (χ2n) is 7.05. The zero-order valence-electron chi connectivity index (χ0n) is 14.8. The molecule has 5 rings (SSSR count). The summed E-state index contributed by atoms with van der Waals surface area (Å²) in [6, 6.07) is 17.4. The van der Waals surface area contributed by atoms with Crippen molar-refractivity contribution >= 4 is 23.1 Å². The van der Waals surface area contributed by atoms with E-state index in [1.807, 2.05) is 0 Å². The average molecular weight is 343 g/mol. The lowest BCUT2D eigenvalue weighted by Gasteiger charge is -2.31. The summed E-state index contributed by atoms with van der Waals surface area (Å²) in [5, 5.41) is 8.65. The first kappa shape index (κ1) is 15.3. The van der Waals surface area contributed by atoms with Crippen molar-refractivity contribution < 1.29 is 0 Å². The number of anilines is 4. The van der Waals surface area contributed by atoms with Gasteiger partial charge in [-0.2, -0.15) is 10.1 Å². The van der Waals surface area contributed by atoms with Gasteiger partial charge in [0.1, 0.15) is 0 Å². The van der Waals surface area contributed by atoms with Crippen LogP contribution in [0.3, 0.4) is 0 Å². The highest BCUT2D eigenvalue weighted by molar-refractivity contribution is 5.69. The van der Waals surface area contributed by atoms with Crippen LogP contribution in [-0.4, -0.2) is 27.8 Å². The molecule has 2 aliphatic rings. The summed E-state index contributed by atoms with van der Waals surface area (Å²) in [6.07, 6.45) is 5.03. The largest absolute Gasteiger partial charge is 0.325 e. The molecule has 26 heavy (non-hydrogen) atoms. The predicted molar refractivity (Wildman–Crippen MR) is 103 cm³/mol. The highest BCUT2D eigenvalue weighted by Gasteiger charge is 2.30. The summed E-state index contributed by atoms with van der Waals surface area (Å²) < 4.78 is 0. The lowest BCUT2D eigenvalue weighted by atomic mass is 10.0. The first-order valence-electron chi connectivity index (χ1n) is 9.23. The third kappa shape index (κ3) is 2.43. The van der Waals surface area contributed by atoms with Gasteiger partial charge in [-0.1, -0.05) is 36.4 Å². The Morgan fingerprint density at radius 1 is 0.962 bits per heavy atom.